The van der Waals surface area contributed by atoms with E-state index in [4.69, 9.17) is 6.58 Å². The molecule has 0 saturated carbocycles. The van der Waals surface area contributed by atoms with Crippen molar-refractivity contribution in [2.75, 3.05) is 0 Å². The van der Waals surface area contributed by atoms with Crippen molar-refractivity contribution in [1.29, 1.82) is 0 Å². The molecule has 81 valence electrons. The second-order valence-electron chi connectivity index (χ2n) is 4.07. The third-order valence-electron chi connectivity index (χ3n) is 2.85. The Morgan fingerprint density at radius 3 is 2.53 bits per heavy atom. The van der Waals surface area contributed by atoms with Crippen LogP contribution >= 0.6 is 0 Å². The molecule has 1 unspecified atom stereocenters. The fourth-order valence-corrected chi connectivity index (χ4v) is 1.95. The van der Waals surface area contributed by atoms with Crippen LogP contribution in [0, 0.1) is 6.58 Å². The standard InChI is InChI=1S/C15H21/c1-3-5-7-11-14(10-4-2)15-12-8-6-9-13-15/h2,4,6,8-9,12-14H,3,5,7,10-11H2,1H3. The van der Waals surface area contributed by atoms with Crippen molar-refractivity contribution < 1.29 is 0 Å². The minimum atomic E-state index is 0.614. The molecule has 15 heavy (non-hydrogen) atoms. The number of hydrogen-bond acceptors (Lipinski definition) is 0. The van der Waals surface area contributed by atoms with Crippen molar-refractivity contribution in [2.24, 2.45) is 0 Å². The van der Waals surface area contributed by atoms with E-state index in [9.17, 15) is 0 Å². The molecule has 0 heterocycles. The highest BCUT2D eigenvalue weighted by Crippen LogP contribution is 2.25. The molecule has 0 amide bonds. The summed E-state index contributed by atoms with van der Waals surface area (Å²) in [7, 11) is 0. The van der Waals surface area contributed by atoms with Gasteiger partial charge in [-0.1, -0.05) is 69.2 Å². The highest BCUT2D eigenvalue weighted by Gasteiger charge is 2.08. The second-order valence-corrected chi connectivity index (χ2v) is 4.07. The minimum absolute atomic E-state index is 0.614. The molecule has 1 atom stereocenters. The first-order chi connectivity index (χ1) is 7.38. The van der Waals surface area contributed by atoms with Crippen molar-refractivity contribution in [1.82, 2.24) is 0 Å². The Hall–Kier alpha value is -1.04. The van der Waals surface area contributed by atoms with E-state index in [-0.39, 0.29) is 0 Å². The fourth-order valence-electron chi connectivity index (χ4n) is 1.95. The minimum Gasteiger partial charge on any atom is -0.0839 e. The maximum absolute atomic E-state index is 5.55. The van der Waals surface area contributed by atoms with Gasteiger partial charge in [-0.3, -0.25) is 0 Å². The van der Waals surface area contributed by atoms with Gasteiger partial charge in [0.05, 0.1) is 0 Å². The molecule has 0 bridgehead atoms. The summed E-state index contributed by atoms with van der Waals surface area (Å²) in [6, 6.07) is 10.7. The van der Waals surface area contributed by atoms with Gasteiger partial charge in [-0.15, -0.1) is 0 Å². The summed E-state index contributed by atoms with van der Waals surface area (Å²) in [5.74, 6) is 0.614. The summed E-state index contributed by atoms with van der Waals surface area (Å²) in [5.41, 5.74) is 1.43. The number of benzene rings is 1. The maximum atomic E-state index is 5.55. The van der Waals surface area contributed by atoms with Gasteiger partial charge in [0.1, 0.15) is 0 Å². The van der Waals surface area contributed by atoms with E-state index in [1.807, 2.05) is 0 Å². The number of unbranched alkanes of at least 4 members (excludes halogenated alkanes) is 2. The molecule has 0 aliphatic carbocycles. The van der Waals surface area contributed by atoms with Crippen LogP contribution in [0.4, 0.5) is 0 Å². The largest absolute Gasteiger partial charge is 0.0839 e. The SMILES string of the molecule is [CH]=CCC(CCCCC)c1ccccc1. The van der Waals surface area contributed by atoms with Crippen LogP contribution in [0.2, 0.25) is 0 Å². The summed E-state index contributed by atoms with van der Waals surface area (Å²) in [5, 5.41) is 0. The smallest absolute Gasteiger partial charge is 0.0127 e. The van der Waals surface area contributed by atoms with E-state index in [0.717, 1.165) is 6.42 Å². The van der Waals surface area contributed by atoms with Crippen molar-refractivity contribution in [3.63, 3.8) is 0 Å². The molecular weight excluding hydrogens is 180 g/mol. The van der Waals surface area contributed by atoms with E-state index in [2.05, 4.69) is 37.3 Å². The van der Waals surface area contributed by atoms with Crippen LogP contribution in [0.25, 0.3) is 0 Å². The van der Waals surface area contributed by atoms with Gasteiger partial charge in [0.25, 0.3) is 0 Å². The molecular formula is C15H21. The molecule has 0 spiro atoms. The van der Waals surface area contributed by atoms with Gasteiger partial charge in [-0.05, 0) is 24.3 Å². The van der Waals surface area contributed by atoms with E-state index in [0.29, 0.717) is 5.92 Å². The molecule has 0 aliphatic heterocycles. The number of rotatable bonds is 7. The molecule has 1 rings (SSSR count). The highest BCUT2D eigenvalue weighted by molar-refractivity contribution is 5.19. The lowest BCUT2D eigenvalue weighted by molar-refractivity contribution is 0.570. The molecule has 0 aromatic heterocycles. The van der Waals surface area contributed by atoms with E-state index >= 15 is 0 Å². The van der Waals surface area contributed by atoms with Gasteiger partial charge < -0.3 is 0 Å². The Balaban J connectivity index is 2.53. The van der Waals surface area contributed by atoms with Crippen LogP contribution in [-0.2, 0) is 0 Å². The van der Waals surface area contributed by atoms with Gasteiger partial charge in [0, 0.05) is 0 Å². The summed E-state index contributed by atoms with van der Waals surface area (Å²) in [4.78, 5) is 0. The van der Waals surface area contributed by atoms with Crippen LogP contribution in [0.15, 0.2) is 36.4 Å². The zero-order valence-corrected chi connectivity index (χ0v) is 9.65. The lowest BCUT2D eigenvalue weighted by Crippen LogP contribution is -1.97. The molecule has 1 aromatic carbocycles. The van der Waals surface area contributed by atoms with Crippen LogP contribution in [0.5, 0.6) is 0 Å². The fraction of sp³-hybridized carbons (Fsp3) is 0.467. The predicted octanol–water partition coefficient (Wildman–Crippen LogP) is 4.73. The summed E-state index contributed by atoms with van der Waals surface area (Å²) in [6.07, 6.45) is 7.97. The first-order valence-corrected chi connectivity index (χ1v) is 5.96. The second kappa shape index (κ2) is 7.28. The Bertz CT molecular complexity index is 261. The first kappa shape index (κ1) is 12.0. The maximum Gasteiger partial charge on any atom is -0.0127 e. The zero-order chi connectivity index (χ0) is 10.9. The van der Waals surface area contributed by atoms with Crippen molar-refractivity contribution >= 4 is 0 Å². The predicted molar refractivity (Wildman–Crippen MR) is 66.8 cm³/mol. The molecule has 0 fully saturated rings. The summed E-state index contributed by atoms with van der Waals surface area (Å²) in [6.45, 7) is 7.79. The Morgan fingerprint density at radius 2 is 1.93 bits per heavy atom. The number of hydrogen-bond donors (Lipinski definition) is 0. The third kappa shape index (κ3) is 4.33. The molecule has 0 nitrogen and oxygen atoms in total. The molecule has 0 aliphatic rings. The monoisotopic (exact) mass is 201 g/mol. The van der Waals surface area contributed by atoms with Gasteiger partial charge >= 0.3 is 0 Å². The molecule has 1 radical (unpaired) electrons. The topological polar surface area (TPSA) is 0 Å². The van der Waals surface area contributed by atoms with Crippen LogP contribution in [-0.4, -0.2) is 0 Å². The number of allylic oxidation sites excluding steroid dienone is 1. The lowest BCUT2D eigenvalue weighted by atomic mass is 9.90. The van der Waals surface area contributed by atoms with Crippen LogP contribution in [0.1, 0.15) is 50.5 Å². The van der Waals surface area contributed by atoms with Crippen molar-refractivity contribution in [2.45, 2.75) is 44.9 Å². The first-order valence-electron chi connectivity index (χ1n) is 5.96. The van der Waals surface area contributed by atoms with E-state index in [1.165, 1.54) is 31.2 Å². The van der Waals surface area contributed by atoms with E-state index < -0.39 is 0 Å². The Labute approximate surface area is 94.0 Å². The van der Waals surface area contributed by atoms with Gasteiger partial charge in [-0.2, -0.15) is 0 Å². The quantitative estimate of drug-likeness (QED) is 0.559. The van der Waals surface area contributed by atoms with Gasteiger partial charge in [-0.25, -0.2) is 0 Å². The zero-order valence-electron chi connectivity index (χ0n) is 9.65. The average Bonchev–Trinajstić information content (AvgIpc) is 2.29. The Kier molecular flexibility index (Phi) is 5.84. The summed E-state index contributed by atoms with van der Waals surface area (Å²) >= 11 is 0. The van der Waals surface area contributed by atoms with Crippen LogP contribution < -0.4 is 0 Å². The normalized spacial score (nSPS) is 12.3. The van der Waals surface area contributed by atoms with Crippen LogP contribution in [0.3, 0.4) is 0 Å². The third-order valence-corrected chi connectivity index (χ3v) is 2.85. The van der Waals surface area contributed by atoms with Crippen molar-refractivity contribution in [3.05, 3.63) is 48.6 Å². The van der Waals surface area contributed by atoms with Gasteiger partial charge in [0.2, 0.25) is 0 Å². The highest BCUT2D eigenvalue weighted by atomic mass is 14.1. The van der Waals surface area contributed by atoms with E-state index in [1.54, 1.807) is 6.08 Å². The molecule has 0 heteroatoms. The summed E-state index contributed by atoms with van der Waals surface area (Å²) < 4.78 is 0. The van der Waals surface area contributed by atoms with Gasteiger partial charge in [0.15, 0.2) is 0 Å². The average molecular weight is 201 g/mol. The lowest BCUT2D eigenvalue weighted by Gasteiger charge is -2.15. The molecule has 0 saturated heterocycles. The van der Waals surface area contributed by atoms with Crippen molar-refractivity contribution in [3.8, 4) is 0 Å². The Morgan fingerprint density at radius 1 is 1.20 bits per heavy atom. The molecule has 0 N–H and O–H groups in total. The molecule has 1 aromatic rings.